The molecule has 0 bridgehead atoms. The van der Waals surface area contributed by atoms with Crippen LogP contribution in [0.25, 0.3) is 5.82 Å². The van der Waals surface area contributed by atoms with Crippen LogP contribution in [0.15, 0.2) is 30.6 Å². The first-order valence-electron chi connectivity index (χ1n) is 7.99. The minimum atomic E-state index is -3.08. The standard InChI is InChI=1S/C16H18N4O5S/c1-11-13(8-18-20(11)14-4-2-3-6-17-14)16(22)25-9-15(21)19-12-5-7-26(23,24)10-12/h2-4,6,8,12H,5,7,9-10H2,1H3,(H,19,21). The van der Waals surface area contributed by atoms with Gasteiger partial charge in [-0.1, -0.05) is 6.07 Å². The van der Waals surface area contributed by atoms with Gasteiger partial charge >= 0.3 is 5.97 Å². The van der Waals surface area contributed by atoms with Gasteiger partial charge in [0.1, 0.15) is 5.56 Å². The molecule has 1 unspecified atom stereocenters. The number of sulfone groups is 1. The lowest BCUT2D eigenvalue weighted by molar-refractivity contribution is -0.124. The number of hydrogen-bond acceptors (Lipinski definition) is 7. The van der Waals surface area contributed by atoms with Crippen molar-refractivity contribution in [1.29, 1.82) is 0 Å². The minimum Gasteiger partial charge on any atom is -0.452 e. The molecule has 138 valence electrons. The van der Waals surface area contributed by atoms with Crippen LogP contribution in [0.1, 0.15) is 22.5 Å². The first-order valence-corrected chi connectivity index (χ1v) is 9.81. The van der Waals surface area contributed by atoms with E-state index in [0.29, 0.717) is 17.9 Å². The summed E-state index contributed by atoms with van der Waals surface area (Å²) in [4.78, 5) is 28.2. The summed E-state index contributed by atoms with van der Waals surface area (Å²) < 4.78 is 29.3. The Morgan fingerprint density at radius 3 is 2.85 bits per heavy atom. The van der Waals surface area contributed by atoms with Crippen LogP contribution >= 0.6 is 0 Å². The molecule has 0 aliphatic carbocycles. The number of carbonyl (C=O) groups excluding carboxylic acids is 2. The SMILES string of the molecule is Cc1c(C(=O)OCC(=O)NC2CCS(=O)(=O)C2)cnn1-c1ccccn1. The van der Waals surface area contributed by atoms with Gasteiger partial charge < -0.3 is 10.1 Å². The maximum atomic E-state index is 12.2. The lowest BCUT2D eigenvalue weighted by atomic mass is 10.2. The molecule has 1 aliphatic heterocycles. The molecule has 3 rings (SSSR count). The molecule has 3 heterocycles. The van der Waals surface area contributed by atoms with Crippen LogP contribution in [0.3, 0.4) is 0 Å². The predicted octanol–water partition coefficient (Wildman–Crippen LogP) is 0.0358. The number of hydrogen-bond donors (Lipinski definition) is 1. The molecule has 1 aliphatic rings. The summed E-state index contributed by atoms with van der Waals surface area (Å²) >= 11 is 0. The third-order valence-corrected chi connectivity index (χ3v) is 5.80. The number of carbonyl (C=O) groups is 2. The summed E-state index contributed by atoms with van der Waals surface area (Å²) in [5, 5.41) is 6.68. The van der Waals surface area contributed by atoms with E-state index in [1.807, 2.05) is 0 Å². The van der Waals surface area contributed by atoms with Gasteiger partial charge in [-0.2, -0.15) is 5.10 Å². The Hall–Kier alpha value is -2.75. The summed E-state index contributed by atoms with van der Waals surface area (Å²) in [6, 6.07) is 4.89. The second-order valence-corrected chi connectivity index (χ2v) is 8.22. The fourth-order valence-corrected chi connectivity index (χ4v) is 4.38. The molecule has 0 saturated carbocycles. The minimum absolute atomic E-state index is 0.0592. The van der Waals surface area contributed by atoms with Crippen LogP contribution in [0.4, 0.5) is 0 Å². The van der Waals surface area contributed by atoms with Crippen molar-refractivity contribution in [3.05, 3.63) is 41.9 Å². The highest BCUT2D eigenvalue weighted by Gasteiger charge is 2.29. The van der Waals surface area contributed by atoms with E-state index in [9.17, 15) is 18.0 Å². The van der Waals surface area contributed by atoms with E-state index in [2.05, 4.69) is 15.4 Å². The number of rotatable bonds is 5. The highest BCUT2D eigenvalue weighted by molar-refractivity contribution is 7.91. The van der Waals surface area contributed by atoms with E-state index in [-0.39, 0.29) is 17.1 Å². The van der Waals surface area contributed by atoms with E-state index in [1.54, 1.807) is 31.3 Å². The van der Waals surface area contributed by atoms with Crippen LogP contribution in [-0.4, -0.2) is 59.2 Å². The van der Waals surface area contributed by atoms with Crippen molar-refractivity contribution < 1.29 is 22.7 Å². The number of nitrogens with one attached hydrogen (secondary N) is 1. The first kappa shape index (κ1) is 18.1. The second-order valence-electron chi connectivity index (χ2n) is 5.99. The molecule has 1 saturated heterocycles. The Balaban J connectivity index is 1.57. The number of aromatic nitrogens is 3. The summed E-state index contributed by atoms with van der Waals surface area (Å²) in [7, 11) is -3.08. The van der Waals surface area contributed by atoms with Gasteiger partial charge in [-0.25, -0.2) is 22.9 Å². The van der Waals surface area contributed by atoms with Crippen LogP contribution in [0.2, 0.25) is 0 Å². The third-order valence-electron chi connectivity index (χ3n) is 4.03. The average Bonchev–Trinajstić information content (AvgIpc) is 3.15. The number of amides is 1. The molecule has 1 amide bonds. The Morgan fingerprint density at radius 2 is 2.19 bits per heavy atom. The lowest BCUT2D eigenvalue weighted by Gasteiger charge is -2.11. The zero-order valence-corrected chi connectivity index (χ0v) is 14.9. The number of esters is 1. The average molecular weight is 378 g/mol. The van der Waals surface area contributed by atoms with E-state index in [0.717, 1.165) is 0 Å². The van der Waals surface area contributed by atoms with E-state index >= 15 is 0 Å². The van der Waals surface area contributed by atoms with Gasteiger partial charge in [0, 0.05) is 12.2 Å². The van der Waals surface area contributed by atoms with E-state index < -0.39 is 34.4 Å². The van der Waals surface area contributed by atoms with Gasteiger partial charge in [0.2, 0.25) is 0 Å². The normalized spacial score (nSPS) is 18.4. The van der Waals surface area contributed by atoms with Crippen molar-refractivity contribution in [3.63, 3.8) is 0 Å². The highest BCUT2D eigenvalue weighted by atomic mass is 32.2. The van der Waals surface area contributed by atoms with Crippen LogP contribution in [0.5, 0.6) is 0 Å². The molecule has 1 fully saturated rings. The van der Waals surface area contributed by atoms with Gasteiger partial charge in [-0.05, 0) is 25.5 Å². The zero-order valence-electron chi connectivity index (χ0n) is 14.1. The maximum Gasteiger partial charge on any atom is 0.342 e. The van der Waals surface area contributed by atoms with Gasteiger partial charge in [-0.3, -0.25) is 4.79 Å². The molecule has 2 aromatic rings. The topological polar surface area (TPSA) is 120 Å². The number of ether oxygens (including phenoxy) is 1. The van der Waals surface area contributed by atoms with Crippen LogP contribution in [-0.2, 0) is 19.4 Å². The summed E-state index contributed by atoms with van der Waals surface area (Å²) in [6.07, 6.45) is 3.34. The van der Waals surface area contributed by atoms with Gasteiger partial charge in [0.25, 0.3) is 5.91 Å². The summed E-state index contributed by atoms with van der Waals surface area (Å²) in [5.74, 6) is -0.676. The molecule has 0 radical (unpaired) electrons. The maximum absolute atomic E-state index is 12.2. The van der Waals surface area contributed by atoms with E-state index in [1.165, 1.54) is 10.9 Å². The van der Waals surface area contributed by atoms with Crippen molar-refractivity contribution >= 4 is 21.7 Å². The van der Waals surface area contributed by atoms with Gasteiger partial charge in [-0.15, -0.1) is 0 Å². The lowest BCUT2D eigenvalue weighted by Crippen LogP contribution is -2.38. The van der Waals surface area contributed by atoms with E-state index in [4.69, 9.17) is 4.74 Å². The molecule has 0 aromatic carbocycles. The quantitative estimate of drug-likeness (QED) is 0.729. The molecule has 1 N–H and O–H groups in total. The zero-order chi connectivity index (χ0) is 18.7. The highest BCUT2D eigenvalue weighted by Crippen LogP contribution is 2.14. The molecular formula is C16H18N4O5S. The molecule has 1 atom stereocenters. The molecule has 26 heavy (non-hydrogen) atoms. The molecule has 2 aromatic heterocycles. The molecule has 10 heteroatoms. The number of pyridine rings is 1. The van der Waals surface area contributed by atoms with Crippen molar-refractivity contribution in [1.82, 2.24) is 20.1 Å². The fourth-order valence-electron chi connectivity index (χ4n) is 2.71. The van der Waals surface area contributed by atoms with Gasteiger partial charge in [0.05, 0.1) is 23.4 Å². The van der Waals surface area contributed by atoms with Crippen molar-refractivity contribution in [2.45, 2.75) is 19.4 Å². The smallest absolute Gasteiger partial charge is 0.342 e. The van der Waals surface area contributed by atoms with Crippen molar-refractivity contribution in [2.24, 2.45) is 0 Å². The Kier molecular flexibility index (Phi) is 5.03. The Morgan fingerprint density at radius 1 is 1.38 bits per heavy atom. The van der Waals surface area contributed by atoms with Crippen molar-refractivity contribution in [2.75, 3.05) is 18.1 Å². The van der Waals surface area contributed by atoms with Crippen LogP contribution in [0, 0.1) is 6.92 Å². The molecular weight excluding hydrogens is 360 g/mol. The molecule has 9 nitrogen and oxygen atoms in total. The summed E-state index contributed by atoms with van der Waals surface area (Å²) in [5.41, 5.74) is 0.767. The third kappa shape index (κ3) is 4.07. The predicted molar refractivity (Wildman–Crippen MR) is 91.6 cm³/mol. The number of nitrogens with zero attached hydrogens (tertiary/aromatic N) is 3. The fraction of sp³-hybridized carbons (Fsp3) is 0.375. The van der Waals surface area contributed by atoms with Crippen LogP contribution < -0.4 is 5.32 Å². The Labute approximate surface area is 150 Å². The van der Waals surface area contributed by atoms with Crippen molar-refractivity contribution in [3.8, 4) is 5.82 Å². The monoisotopic (exact) mass is 378 g/mol. The summed E-state index contributed by atoms with van der Waals surface area (Å²) in [6.45, 7) is 1.21. The first-order chi connectivity index (χ1) is 12.4. The Bertz CT molecular complexity index is 923. The second kappa shape index (κ2) is 7.24. The van der Waals surface area contributed by atoms with Gasteiger partial charge in [0.15, 0.2) is 22.3 Å². The largest absolute Gasteiger partial charge is 0.452 e. The molecule has 0 spiro atoms.